The number of amides is 1. The summed E-state index contributed by atoms with van der Waals surface area (Å²) in [7, 11) is -4.02. The van der Waals surface area contributed by atoms with Gasteiger partial charge in [0.15, 0.2) is 5.69 Å². The van der Waals surface area contributed by atoms with Crippen molar-refractivity contribution in [3.63, 3.8) is 0 Å². The lowest BCUT2D eigenvalue weighted by Gasteiger charge is -2.18. The van der Waals surface area contributed by atoms with E-state index in [1.165, 1.54) is 0 Å². The predicted octanol–water partition coefficient (Wildman–Crippen LogP) is 0.956. The van der Waals surface area contributed by atoms with E-state index < -0.39 is 15.9 Å². The van der Waals surface area contributed by atoms with Crippen molar-refractivity contribution in [1.29, 1.82) is 0 Å². The number of sulfonamides is 1. The number of rotatable bonds is 4. The molecule has 8 heteroatoms. The summed E-state index contributed by atoms with van der Waals surface area (Å²) in [5.74, 6) is -0.688. The van der Waals surface area contributed by atoms with Gasteiger partial charge < -0.3 is 5.32 Å². The molecule has 1 rings (SSSR count). The maximum Gasteiger partial charge on any atom is 0.273 e. The van der Waals surface area contributed by atoms with Gasteiger partial charge >= 0.3 is 0 Å². The standard InChI is InChI=1S/C12H22N4O3S/c1-7(2)8-10(20(13,18)19)9(16-15-8)11(17)14-6-12(3,4)5/h7H,6H2,1-5H3,(H,14,17)(H,15,16)(H2,13,18,19). The fourth-order valence-electron chi connectivity index (χ4n) is 1.61. The summed E-state index contributed by atoms with van der Waals surface area (Å²) >= 11 is 0. The van der Waals surface area contributed by atoms with Gasteiger partial charge in [0.05, 0.1) is 5.69 Å². The number of H-pyrrole nitrogens is 1. The van der Waals surface area contributed by atoms with Crippen LogP contribution in [0.2, 0.25) is 0 Å². The van der Waals surface area contributed by atoms with Crippen LogP contribution in [0.15, 0.2) is 4.90 Å². The highest BCUT2D eigenvalue weighted by molar-refractivity contribution is 7.89. The molecule has 0 saturated heterocycles. The van der Waals surface area contributed by atoms with E-state index in [2.05, 4.69) is 15.5 Å². The smallest absolute Gasteiger partial charge is 0.273 e. The number of hydrogen-bond donors (Lipinski definition) is 3. The molecule has 0 aliphatic heterocycles. The Bertz CT molecular complexity index is 597. The molecule has 0 aliphatic carbocycles. The number of primary sulfonamides is 1. The first-order valence-electron chi connectivity index (χ1n) is 6.32. The highest BCUT2D eigenvalue weighted by Crippen LogP contribution is 2.23. The van der Waals surface area contributed by atoms with E-state index in [0.29, 0.717) is 12.2 Å². The zero-order valence-electron chi connectivity index (χ0n) is 12.4. The Hall–Kier alpha value is -1.41. The molecule has 0 fully saturated rings. The zero-order chi connectivity index (χ0) is 15.7. The van der Waals surface area contributed by atoms with E-state index in [9.17, 15) is 13.2 Å². The van der Waals surface area contributed by atoms with Crippen molar-refractivity contribution >= 4 is 15.9 Å². The Morgan fingerprint density at radius 1 is 1.40 bits per heavy atom. The molecule has 4 N–H and O–H groups in total. The molecule has 1 aromatic rings. The largest absolute Gasteiger partial charge is 0.350 e. The lowest BCUT2D eigenvalue weighted by Crippen LogP contribution is -2.33. The van der Waals surface area contributed by atoms with Gasteiger partial charge in [0.2, 0.25) is 10.0 Å². The highest BCUT2D eigenvalue weighted by Gasteiger charge is 2.29. The van der Waals surface area contributed by atoms with Gasteiger partial charge in [-0.1, -0.05) is 34.6 Å². The summed E-state index contributed by atoms with van der Waals surface area (Å²) in [6.45, 7) is 9.85. The second kappa shape index (κ2) is 5.53. The molecule has 1 aromatic heterocycles. The number of carbonyl (C=O) groups is 1. The Morgan fingerprint density at radius 2 is 1.95 bits per heavy atom. The maximum absolute atomic E-state index is 12.1. The highest BCUT2D eigenvalue weighted by atomic mass is 32.2. The molecular formula is C12H22N4O3S. The van der Waals surface area contributed by atoms with E-state index in [1.807, 2.05) is 20.8 Å². The zero-order valence-corrected chi connectivity index (χ0v) is 13.3. The number of aromatic amines is 1. The van der Waals surface area contributed by atoms with Crippen LogP contribution in [-0.4, -0.2) is 31.1 Å². The van der Waals surface area contributed by atoms with Crippen LogP contribution in [0.25, 0.3) is 0 Å². The summed E-state index contributed by atoms with van der Waals surface area (Å²) < 4.78 is 23.4. The molecule has 0 aliphatic rings. The van der Waals surface area contributed by atoms with E-state index in [-0.39, 0.29) is 21.9 Å². The van der Waals surface area contributed by atoms with Gasteiger partial charge in [0, 0.05) is 6.54 Å². The van der Waals surface area contributed by atoms with Crippen molar-refractivity contribution in [2.24, 2.45) is 10.6 Å². The van der Waals surface area contributed by atoms with Crippen LogP contribution >= 0.6 is 0 Å². The molecule has 0 spiro atoms. The first-order valence-corrected chi connectivity index (χ1v) is 7.87. The minimum absolute atomic E-state index is 0.116. The molecule has 1 heterocycles. The summed E-state index contributed by atoms with van der Waals surface area (Å²) in [4.78, 5) is 11.9. The minimum atomic E-state index is -4.02. The van der Waals surface area contributed by atoms with Gasteiger partial charge in [-0.3, -0.25) is 9.89 Å². The third-order valence-electron chi connectivity index (χ3n) is 2.60. The molecular weight excluding hydrogens is 280 g/mol. The first kappa shape index (κ1) is 16.6. The average Bonchev–Trinajstić information content (AvgIpc) is 2.68. The SMILES string of the molecule is CC(C)c1[nH]nc(C(=O)NCC(C)(C)C)c1S(N)(=O)=O. The monoisotopic (exact) mass is 302 g/mol. The van der Waals surface area contributed by atoms with Gasteiger partial charge in [-0.15, -0.1) is 0 Å². The van der Waals surface area contributed by atoms with Gasteiger partial charge in [-0.25, -0.2) is 13.6 Å². The van der Waals surface area contributed by atoms with Crippen molar-refractivity contribution in [3.05, 3.63) is 11.4 Å². The topological polar surface area (TPSA) is 118 Å². The number of aromatic nitrogens is 2. The van der Waals surface area contributed by atoms with E-state index >= 15 is 0 Å². The Morgan fingerprint density at radius 3 is 2.35 bits per heavy atom. The van der Waals surface area contributed by atoms with Gasteiger partial charge in [-0.05, 0) is 11.3 Å². The second-order valence-corrected chi connectivity index (χ2v) is 7.76. The van der Waals surface area contributed by atoms with Crippen molar-refractivity contribution < 1.29 is 13.2 Å². The van der Waals surface area contributed by atoms with Gasteiger partial charge in [0.1, 0.15) is 4.90 Å². The maximum atomic E-state index is 12.1. The van der Waals surface area contributed by atoms with Crippen LogP contribution in [0.1, 0.15) is 56.7 Å². The molecule has 0 radical (unpaired) electrons. The number of hydrogen-bond acceptors (Lipinski definition) is 4. The fourth-order valence-corrected chi connectivity index (χ4v) is 2.60. The summed E-state index contributed by atoms with van der Waals surface area (Å²) in [6, 6.07) is 0. The first-order chi connectivity index (χ1) is 8.93. The third kappa shape index (κ3) is 4.04. The van der Waals surface area contributed by atoms with E-state index in [0.717, 1.165) is 0 Å². The van der Waals surface area contributed by atoms with Crippen LogP contribution < -0.4 is 10.5 Å². The summed E-state index contributed by atoms with van der Waals surface area (Å²) in [6.07, 6.45) is 0. The molecule has 0 unspecified atom stereocenters. The van der Waals surface area contributed by atoms with Crippen LogP contribution in [0.4, 0.5) is 0 Å². The second-order valence-electron chi connectivity index (χ2n) is 6.26. The van der Waals surface area contributed by atoms with Crippen LogP contribution in [0.5, 0.6) is 0 Å². The van der Waals surface area contributed by atoms with Crippen molar-refractivity contribution in [3.8, 4) is 0 Å². The van der Waals surface area contributed by atoms with Gasteiger partial charge in [0.25, 0.3) is 5.91 Å². The molecule has 7 nitrogen and oxygen atoms in total. The molecule has 0 aromatic carbocycles. The average molecular weight is 302 g/mol. The molecule has 0 saturated carbocycles. The predicted molar refractivity (Wildman–Crippen MR) is 75.8 cm³/mol. The Labute approximate surface area is 119 Å². The summed E-state index contributed by atoms with van der Waals surface area (Å²) in [5, 5.41) is 14.3. The molecule has 20 heavy (non-hydrogen) atoms. The normalized spacial score (nSPS) is 12.8. The van der Waals surface area contributed by atoms with Crippen LogP contribution in [0, 0.1) is 5.41 Å². The number of carbonyl (C=O) groups excluding carboxylic acids is 1. The number of nitrogens with zero attached hydrogens (tertiary/aromatic N) is 1. The minimum Gasteiger partial charge on any atom is -0.350 e. The van der Waals surface area contributed by atoms with Crippen LogP contribution in [-0.2, 0) is 10.0 Å². The summed E-state index contributed by atoms with van der Waals surface area (Å²) in [5.41, 5.74) is 0.0445. The van der Waals surface area contributed by atoms with Crippen molar-refractivity contribution in [2.75, 3.05) is 6.54 Å². The Kier molecular flexibility index (Phi) is 4.60. The molecule has 0 bridgehead atoms. The lowest BCUT2D eigenvalue weighted by atomic mass is 9.97. The van der Waals surface area contributed by atoms with E-state index in [1.54, 1.807) is 13.8 Å². The quantitative estimate of drug-likeness (QED) is 0.767. The van der Waals surface area contributed by atoms with Crippen molar-refractivity contribution in [2.45, 2.75) is 45.4 Å². The molecule has 1 amide bonds. The van der Waals surface area contributed by atoms with Crippen molar-refractivity contribution in [1.82, 2.24) is 15.5 Å². The fraction of sp³-hybridized carbons (Fsp3) is 0.667. The van der Waals surface area contributed by atoms with E-state index in [4.69, 9.17) is 5.14 Å². The van der Waals surface area contributed by atoms with Crippen LogP contribution in [0.3, 0.4) is 0 Å². The molecule has 0 atom stereocenters. The molecule has 114 valence electrons. The van der Waals surface area contributed by atoms with Gasteiger partial charge in [-0.2, -0.15) is 5.10 Å². The Balaban J connectivity index is 3.17. The third-order valence-corrected chi connectivity index (χ3v) is 3.59. The number of nitrogens with one attached hydrogen (secondary N) is 2. The lowest BCUT2D eigenvalue weighted by molar-refractivity contribution is 0.0931. The number of nitrogens with two attached hydrogens (primary N) is 1.